The minimum atomic E-state index is 0.108. The summed E-state index contributed by atoms with van der Waals surface area (Å²) in [5.74, 6) is 1.76. The van der Waals surface area contributed by atoms with Crippen LogP contribution in [0.2, 0.25) is 0 Å². The Morgan fingerprint density at radius 1 is 1.24 bits per heavy atom. The van der Waals surface area contributed by atoms with Gasteiger partial charge in [0.05, 0.1) is 0 Å². The Labute approximate surface area is 131 Å². The van der Waals surface area contributed by atoms with Gasteiger partial charge in [0, 0.05) is 16.6 Å². The van der Waals surface area contributed by atoms with Gasteiger partial charge >= 0.3 is 0 Å². The van der Waals surface area contributed by atoms with E-state index in [1.807, 2.05) is 12.1 Å². The van der Waals surface area contributed by atoms with Crippen LogP contribution in [-0.2, 0) is 11.2 Å². The van der Waals surface area contributed by atoms with Crippen LogP contribution in [0.1, 0.15) is 23.5 Å². The number of rotatable bonds is 2. The fourth-order valence-corrected chi connectivity index (χ4v) is 3.82. The molecule has 1 saturated carbocycles. The number of amides is 1. The highest BCUT2D eigenvalue weighted by Gasteiger charge is 2.56. The number of anilines is 1. The molecule has 1 amide bonds. The van der Waals surface area contributed by atoms with Gasteiger partial charge < -0.3 is 5.32 Å². The highest BCUT2D eigenvalue weighted by atomic mass is 79.9. The zero-order valence-corrected chi connectivity index (χ0v) is 13.0. The zero-order valence-electron chi connectivity index (χ0n) is 11.4. The molecule has 2 aromatic rings. The fourth-order valence-electron chi connectivity index (χ4n) is 3.58. The Morgan fingerprint density at radius 3 is 2.90 bits per heavy atom. The van der Waals surface area contributed by atoms with Crippen molar-refractivity contribution in [3.8, 4) is 0 Å². The summed E-state index contributed by atoms with van der Waals surface area (Å²) >= 11 is 3.35. The lowest BCUT2D eigenvalue weighted by Gasteiger charge is -2.13. The summed E-state index contributed by atoms with van der Waals surface area (Å²) in [5.41, 5.74) is 2.79. The second-order valence-electron chi connectivity index (χ2n) is 5.80. The van der Waals surface area contributed by atoms with E-state index in [4.69, 9.17) is 0 Å². The number of nitrogens with one attached hydrogen (secondary N) is 1. The van der Waals surface area contributed by atoms with E-state index in [9.17, 15) is 4.79 Å². The predicted molar refractivity (Wildman–Crippen MR) is 85.1 cm³/mol. The maximum atomic E-state index is 12.5. The molecule has 0 spiro atoms. The number of carbonyl (C=O) groups excluding carboxylic acids is 1. The van der Waals surface area contributed by atoms with Crippen LogP contribution in [0.15, 0.2) is 47.1 Å². The normalized spacial score (nSPS) is 25.7. The summed E-state index contributed by atoms with van der Waals surface area (Å²) in [6.45, 7) is 0. The quantitative estimate of drug-likeness (QED) is 0.902. The van der Waals surface area contributed by atoms with Crippen LogP contribution in [0.25, 0.3) is 0 Å². The number of hydrogen-bond acceptors (Lipinski definition) is 2. The molecule has 3 nitrogen and oxygen atoms in total. The SMILES string of the molecule is O=C(Nc1ccc(Br)cn1)C1C2CCc3ccccc3C21. The average molecular weight is 343 g/mol. The number of benzene rings is 1. The number of nitrogens with zero attached hydrogens (tertiary/aromatic N) is 1. The van der Waals surface area contributed by atoms with Crippen LogP contribution in [0.4, 0.5) is 5.82 Å². The van der Waals surface area contributed by atoms with Crippen molar-refractivity contribution in [1.82, 2.24) is 4.98 Å². The van der Waals surface area contributed by atoms with Crippen LogP contribution in [0.3, 0.4) is 0 Å². The number of fused-ring (bicyclic) bond motifs is 3. The second kappa shape index (κ2) is 4.95. The molecule has 2 aliphatic carbocycles. The van der Waals surface area contributed by atoms with Crippen molar-refractivity contribution in [1.29, 1.82) is 0 Å². The van der Waals surface area contributed by atoms with E-state index in [1.54, 1.807) is 6.20 Å². The van der Waals surface area contributed by atoms with E-state index < -0.39 is 0 Å². The molecule has 1 fully saturated rings. The first kappa shape index (κ1) is 13.0. The lowest BCUT2D eigenvalue weighted by molar-refractivity contribution is -0.117. The molecule has 1 N–H and O–H groups in total. The topological polar surface area (TPSA) is 42.0 Å². The number of halogens is 1. The lowest BCUT2D eigenvalue weighted by atomic mass is 9.92. The van der Waals surface area contributed by atoms with Gasteiger partial charge in [0.25, 0.3) is 0 Å². The molecule has 1 heterocycles. The largest absolute Gasteiger partial charge is 0.310 e. The first-order valence-electron chi connectivity index (χ1n) is 7.24. The van der Waals surface area contributed by atoms with Gasteiger partial charge in [-0.15, -0.1) is 0 Å². The number of hydrogen-bond donors (Lipinski definition) is 1. The minimum Gasteiger partial charge on any atom is -0.310 e. The standard InChI is InChI=1S/C17H15BrN2O/c18-11-6-8-14(19-9-11)20-17(21)16-13-7-5-10-3-1-2-4-12(10)15(13)16/h1-4,6,8-9,13,15-16H,5,7H2,(H,19,20,21). The summed E-state index contributed by atoms with van der Waals surface area (Å²) in [5, 5.41) is 2.95. The third kappa shape index (κ3) is 2.27. The first-order chi connectivity index (χ1) is 10.2. The molecule has 3 unspecified atom stereocenters. The molecular formula is C17H15BrN2O. The van der Waals surface area contributed by atoms with Crippen LogP contribution in [0.5, 0.6) is 0 Å². The van der Waals surface area contributed by atoms with Gasteiger partial charge in [-0.25, -0.2) is 4.98 Å². The lowest BCUT2D eigenvalue weighted by Crippen LogP contribution is -2.16. The Bertz CT molecular complexity index is 698. The minimum absolute atomic E-state index is 0.108. The number of aryl methyl sites for hydroxylation is 1. The summed E-state index contributed by atoms with van der Waals surface area (Å²) in [6.07, 6.45) is 3.91. The maximum absolute atomic E-state index is 12.5. The van der Waals surface area contributed by atoms with E-state index in [0.717, 1.165) is 17.3 Å². The van der Waals surface area contributed by atoms with Crippen molar-refractivity contribution in [3.05, 3.63) is 58.2 Å². The summed E-state index contributed by atoms with van der Waals surface area (Å²) < 4.78 is 0.912. The molecule has 0 saturated heterocycles. The van der Waals surface area contributed by atoms with Gasteiger partial charge in [0.1, 0.15) is 5.82 Å². The second-order valence-corrected chi connectivity index (χ2v) is 6.72. The summed E-state index contributed by atoms with van der Waals surface area (Å²) in [4.78, 5) is 16.7. The van der Waals surface area contributed by atoms with Gasteiger partial charge in [-0.2, -0.15) is 0 Å². The van der Waals surface area contributed by atoms with Crippen molar-refractivity contribution in [2.75, 3.05) is 5.32 Å². The Morgan fingerprint density at radius 2 is 2.10 bits per heavy atom. The molecule has 2 aliphatic rings. The molecule has 0 aliphatic heterocycles. The van der Waals surface area contributed by atoms with E-state index in [2.05, 4.69) is 50.5 Å². The fraction of sp³-hybridized carbons (Fsp3) is 0.294. The van der Waals surface area contributed by atoms with Crippen LogP contribution < -0.4 is 5.32 Å². The predicted octanol–water partition coefficient (Wildman–Crippen LogP) is 3.76. The smallest absolute Gasteiger partial charge is 0.229 e. The van der Waals surface area contributed by atoms with Crippen molar-refractivity contribution < 1.29 is 4.79 Å². The van der Waals surface area contributed by atoms with E-state index in [0.29, 0.717) is 17.7 Å². The number of carbonyl (C=O) groups is 1. The third-order valence-corrected chi connectivity index (χ3v) is 5.08. The third-order valence-electron chi connectivity index (χ3n) is 4.61. The Hall–Kier alpha value is -1.68. The van der Waals surface area contributed by atoms with Gasteiger partial charge in [-0.1, -0.05) is 24.3 Å². The molecule has 0 bridgehead atoms. The van der Waals surface area contributed by atoms with Crippen LogP contribution in [-0.4, -0.2) is 10.9 Å². The van der Waals surface area contributed by atoms with Crippen LogP contribution in [0, 0.1) is 11.8 Å². The van der Waals surface area contributed by atoms with Gasteiger partial charge in [-0.05, 0) is 63.9 Å². The van der Waals surface area contributed by atoms with Gasteiger partial charge in [0.2, 0.25) is 5.91 Å². The summed E-state index contributed by atoms with van der Waals surface area (Å²) in [7, 11) is 0. The molecule has 3 atom stereocenters. The maximum Gasteiger partial charge on any atom is 0.229 e. The molecule has 106 valence electrons. The van der Waals surface area contributed by atoms with Gasteiger partial charge in [-0.3, -0.25) is 4.79 Å². The van der Waals surface area contributed by atoms with Crippen LogP contribution >= 0.6 is 15.9 Å². The molecule has 4 heteroatoms. The van der Waals surface area contributed by atoms with E-state index in [1.165, 1.54) is 11.1 Å². The molecular weight excluding hydrogens is 328 g/mol. The van der Waals surface area contributed by atoms with Crippen molar-refractivity contribution in [2.24, 2.45) is 11.8 Å². The number of pyridine rings is 1. The monoisotopic (exact) mass is 342 g/mol. The van der Waals surface area contributed by atoms with Crippen molar-refractivity contribution in [3.63, 3.8) is 0 Å². The Kier molecular flexibility index (Phi) is 3.07. The Balaban J connectivity index is 1.52. The molecule has 4 rings (SSSR count). The highest BCUT2D eigenvalue weighted by Crippen LogP contribution is 2.60. The molecule has 1 aromatic heterocycles. The van der Waals surface area contributed by atoms with Crippen molar-refractivity contribution >= 4 is 27.7 Å². The van der Waals surface area contributed by atoms with Gasteiger partial charge in [0.15, 0.2) is 0 Å². The highest BCUT2D eigenvalue weighted by molar-refractivity contribution is 9.10. The zero-order chi connectivity index (χ0) is 14.4. The number of aromatic nitrogens is 1. The molecule has 0 radical (unpaired) electrons. The molecule has 1 aromatic carbocycles. The molecule has 21 heavy (non-hydrogen) atoms. The summed E-state index contributed by atoms with van der Waals surface area (Å²) in [6, 6.07) is 12.2. The average Bonchev–Trinajstić information content (AvgIpc) is 3.25. The van der Waals surface area contributed by atoms with Crippen molar-refractivity contribution in [2.45, 2.75) is 18.8 Å². The first-order valence-corrected chi connectivity index (χ1v) is 8.03. The van der Waals surface area contributed by atoms with E-state index in [-0.39, 0.29) is 11.8 Å². The van der Waals surface area contributed by atoms with E-state index >= 15 is 0 Å².